The van der Waals surface area contributed by atoms with Crippen LogP contribution in [0.2, 0.25) is 0 Å². The third-order valence-corrected chi connectivity index (χ3v) is 3.55. The molecule has 0 amide bonds. The van der Waals surface area contributed by atoms with Gasteiger partial charge in [0, 0.05) is 23.7 Å². The summed E-state index contributed by atoms with van der Waals surface area (Å²) in [5.74, 6) is -1.21. The number of benzene rings is 1. The summed E-state index contributed by atoms with van der Waals surface area (Å²) in [4.78, 5) is 29.1. The van der Waals surface area contributed by atoms with Crippen LogP contribution in [-0.2, 0) is 4.79 Å². The molecule has 1 heterocycles. The summed E-state index contributed by atoms with van der Waals surface area (Å²) in [5, 5.41) is 25.0. The molecule has 3 rings (SSSR count). The molecule has 0 saturated heterocycles. The Kier molecular flexibility index (Phi) is 4.42. The minimum atomic E-state index is -1.05. The van der Waals surface area contributed by atoms with E-state index in [-0.39, 0.29) is 24.1 Å². The Morgan fingerprint density at radius 3 is 2.76 bits per heavy atom. The van der Waals surface area contributed by atoms with E-state index in [0.29, 0.717) is 5.82 Å². The van der Waals surface area contributed by atoms with Gasteiger partial charge in [-0.3, -0.25) is 14.9 Å². The smallest absolute Gasteiger partial charge is 0.322 e. The van der Waals surface area contributed by atoms with Crippen molar-refractivity contribution in [2.75, 3.05) is 17.2 Å². The van der Waals surface area contributed by atoms with Crippen LogP contribution < -0.4 is 10.6 Å². The summed E-state index contributed by atoms with van der Waals surface area (Å²) in [6.45, 7) is -0.338. The molecule has 0 spiro atoms. The van der Waals surface area contributed by atoms with Crippen LogP contribution >= 0.6 is 0 Å². The predicted octanol–water partition coefficient (Wildman–Crippen LogP) is 2.64. The topological polar surface area (TPSA) is 130 Å². The first-order valence-corrected chi connectivity index (χ1v) is 7.48. The average Bonchev–Trinajstić information content (AvgIpc) is 3.39. The number of hydrogen-bond acceptors (Lipinski definition) is 7. The standard InChI is InChI=1S/C15H14FN5O4/c16-10-4-3-9(5-12(10)21(24)25)18-13-6-11(8-1-2-8)19-15(20-13)17-7-14(22)23/h3-6,8H,1-2,7H2,(H,22,23)(H2,17,18,19,20). The average molecular weight is 347 g/mol. The number of hydrogen-bond donors (Lipinski definition) is 3. The zero-order valence-corrected chi connectivity index (χ0v) is 12.9. The van der Waals surface area contributed by atoms with Crippen molar-refractivity contribution in [3.05, 3.63) is 45.9 Å². The summed E-state index contributed by atoms with van der Waals surface area (Å²) in [6.07, 6.45) is 1.97. The fourth-order valence-electron chi connectivity index (χ4n) is 2.23. The molecule has 1 fully saturated rings. The SMILES string of the molecule is O=C(O)CNc1nc(Nc2ccc(F)c([N+](=O)[O-])c2)cc(C2CC2)n1. The van der Waals surface area contributed by atoms with Crippen LogP contribution in [0, 0.1) is 15.9 Å². The Balaban J connectivity index is 1.87. The largest absolute Gasteiger partial charge is 0.480 e. The zero-order chi connectivity index (χ0) is 18.0. The Bertz CT molecular complexity index is 841. The van der Waals surface area contributed by atoms with Gasteiger partial charge in [-0.1, -0.05) is 0 Å². The first kappa shape index (κ1) is 16.6. The van der Waals surface area contributed by atoms with E-state index < -0.39 is 22.4 Å². The molecule has 0 aliphatic heterocycles. The number of anilines is 3. The van der Waals surface area contributed by atoms with E-state index in [1.807, 2.05) is 0 Å². The highest BCUT2D eigenvalue weighted by Crippen LogP contribution is 2.40. The van der Waals surface area contributed by atoms with Gasteiger partial charge in [-0.25, -0.2) is 4.98 Å². The van der Waals surface area contributed by atoms with Gasteiger partial charge in [0.05, 0.1) is 10.6 Å². The number of halogens is 1. The van der Waals surface area contributed by atoms with Crippen molar-refractivity contribution < 1.29 is 19.2 Å². The van der Waals surface area contributed by atoms with Crippen molar-refractivity contribution in [2.45, 2.75) is 18.8 Å². The molecule has 1 saturated carbocycles. The molecule has 10 heteroatoms. The lowest BCUT2D eigenvalue weighted by Crippen LogP contribution is -2.15. The van der Waals surface area contributed by atoms with Crippen LogP contribution in [0.15, 0.2) is 24.3 Å². The number of nitro benzene ring substituents is 1. The van der Waals surface area contributed by atoms with Gasteiger partial charge in [0.2, 0.25) is 11.8 Å². The zero-order valence-electron chi connectivity index (χ0n) is 12.9. The summed E-state index contributed by atoms with van der Waals surface area (Å²) >= 11 is 0. The highest BCUT2D eigenvalue weighted by molar-refractivity contribution is 5.72. The number of rotatable bonds is 7. The second-order valence-electron chi connectivity index (χ2n) is 5.57. The lowest BCUT2D eigenvalue weighted by Gasteiger charge is -2.10. The number of aliphatic carboxylic acids is 1. The van der Waals surface area contributed by atoms with Crippen LogP contribution in [0.1, 0.15) is 24.5 Å². The van der Waals surface area contributed by atoms with Crippen molar-refractivity contribution in [3.63, 3.8) is 0 Å². The highest BCUT2D eigenvalue weighted by Gasteiger charge is 2.26. The molecular formula is C15H14FN5O4. The van der Waals surface area contributed by atoms with Gasteiger partial charge in [0.15, 0.2) is 0 Å². The van der Waals surface area contributed by atoms with E-state index in [0.717, 1.165) is 30.7 Å². The van der Waals surface area contributed by atoms with E-state index in [4.69, 9.17) is 5.11 Å². The maximum absolute atomic E-state index is 13.4. The normalized spacial score (nSPS) is 13.3. The Labute approximate surface area is 141 Å². The lowest BCUT2D eigenvalue weighted by molar-refractivity contribution is -0.387. The van der Waals surface area contributed by atoms with Crippen LogP contribution in [0.5, 0.6) is 0 Å². The van der Waals surface area contributed by atoms with Crippen LogP contribution in [0.4, 0.5) is 27.5 Å². The summed E-state index contributed by atoms with van der Waals surface area (Å²) < 4.78 is 13.4. The monoisotopic (exact) mass is 347 g/mol. The Morgan fingerprint density at radius 1 is 1.36 bits per heavy atom. The molecule has 2 aromatic rings. The molecule has 0 radical (unpaired) electrons. The second kappa shape index (κ2) is 6.67. The van der Waals surface area contributed by atoms with Crippen molar-refractivity contribution in [1.29, 1.82) is 0 Å². The summed E-state index contributed by atoms with van der Waals surface area (Å²) in [6, 6.07) is 5.11. The molecule has 9 nitrogen and oxygen atoms in total. The summed E-state index contributed by atoms with van der Waals surface area (Å²) in [5.41, 5.74) is 0.394. The van der Waals surface area contributed by atoms with Gasteiger partial charge in [0.1, 0.15) is 12.4 Å². The number of nitro groups is 1. The van der Waals surface area contributed by atoms with Gasteiger partial charge < -0.3 is 15.7 Å². The van der Waals surface area contributed by atoms with Crippen molar-refractivity contribution >= 4 is 29.1 Å². The molecule has 1 aromatic heterocycles. The quantitative estimate of drug-likeness (QED) is 0.515. The van der Waals surface area contributed by atoms with Gasteiger partial charge in [-0.2, -0.15) is 9.37 Å². The fourth-order valence-corrected chi connectivity index (χ4v) is 2.23. The molecule has 25 heavy (non-hydrogen) atoms. The van der Waals surface area contributed by atoms with Crippen LogP contribution in [-0.4, -0.2) is 32.5 Å². The molecule has 1 aliphatic carbocycles. The molecule has 0 unspecified atom stereocenters. The molecular weight excluding hydrogens is 333 g/mol. The second-order valence-corrected chi connectivity index (χ2v) is 5.57. The maximum atomic E-state index is 13.4. The van der Waals surface area contributed by atoms with E-state index in [1.165, 1.54) is 6.07 Å². The third-order valence-electron chi connectivity index (χ3n) is 3.55. The molecule has 1 aliphatic rings. The maximum Gasteiger partial charge on any atom is 0.322 e. The van der Waals surface area contributed by atoms with E-state index in [9.17, 15) is 19.3 Å². The van der Waals surface area contributed by atoms with Crippen LogP contribution in [0.3, 0.4) is 0 Å². The van der Waals surface area contributed by atoms with Crippen LogP contribution in [0.25, 0.3) is 0 Å². The molecule has 1 aromatic carbocycles. The van der Waals surface area contributed by atoms with Gasteiger partial charge in [-0.05, 0) is 25.0 Å². The Morgan fingerprint density at radius 2 is 2.12 bits per heavy atom. The minimum Gasteiger partial charge on any atom is -0.480 e. The van der Waals surface area contributed by atoms with Crippen molar-refractivity contribution in [1.82, 2.24) is 9.97 Å². The predicted molar refractivity (Wildman–Crippen MR) is 86.5 cm³/mol. The van der Waals surface area contributed by atoms with Crippen molar-refractivity contribution in [3.8, 4) is 0 Å². The highest BCUT2D eigenvalue weighted by atomic mass is 19.1. The summed E-state index contributed by atoms with van der Waals surface area (Å²) in [7, 11) is 0. The first-order valence-electron chi connectivity index (χ1n) is 7.48. The molecule has 0 atom stereocenters. The number of carbonyl (C=O) groups is 1. The third kappa shape index (κ3) is 4.16. The van der Waals surface area contributed by atoms with Gasteiger partial charge in [-0.15, -0.1) is 0 Å². The number of carboxylic acid groups (broad SMARTS) is 1. The van der Waals surface area contributed by atoms with E-state index in [1.54, 1.807) is 6.07 Å². The number of nitrogens with one attached hydrogen (secondary N) is 2. The van der Waals surface area contributed by atoms with Gasteiger partial charge in [0.25, 0.3) is 0 Å². The number of nitrogens with zero attached hydrogens (tertiary/aromatic N) is 3. The fraction of sp³-hybridized carbons (Fsp3) is 0.267. The number of carboxylic acids is 1. The van der Waals surface area contributed by atoms with E-state index in [2.05, 4.69) is 20.6 Å². The Hall–Kier alpha value is -3.30. The first-order chi connectivity index (χ1) is 11.9. The minimum absolute atomic E-state index is 0.144. The molecule has 3 N–H and O–H groups in total. The lowest BCUT2D eigenvalue weighted by atomic mass is 10.2. The molecule has 130 valence electrons. The van der Waals surface area contributed by atoms with Gasteiger partial charge >= 0.3 is 11.7 Å². The van der Waals surface area contributed by atoms with Crippen molar-refractivity contribution in [2.24, 2.45) is 0 Å². The van der Waals surface area contributed by atoms with E-state index >= 15 is 0 Å². The molecule has 0 bridgehead atoms. The number of aromatic nitrogens is 2.